The van der Waals surface area contributed by atoms with Crippen molar-refractivity contribution >= 4 is 11.7 Å². The first-order chi connectivity index (χ1) is 16.6. The van der Waals surface area contributed by atoms with Gasteiger partial charge in [-0.1, -0.05) is 12.1 Å². The Balaban J connectivity index is 1.21. The van der Waals surface area contributed by atoms with Crippen LogP contribution in [0.3, 0.4) is 0 Å². The van der Waals surface area contributed by atoms with Crippen LogP contribution in [0.25, 0.3) is 0 Å². The van der Waals surface area contributed by atoms with Crippen LogP contribution in [0.15, 0.2) is 42.7 Å². The summed E-state index contributed by atoms with van der Waals surface area (Å²) < 4.78 is 38.6. The molecule has 1 aromatic carbocycles. The largest absolute Gasteiger partial charge is 0.416 e. The average Bonchev–Trinajstić information content (AvgIpc) is 3.32. The molecule has 2 aliphatic rings. The molecule has 2 aromatic rings. The van der Waals surface area contributed by atoms with E-state index in [2.05, 4.69) is 9.97 Å². The zero-order valence-corrected chi connectivity index (χ0v) is 19.5. The molecule has 1 saturated carbocycles. The van der Waals surface area contributed by atoms with Crippen molar-refractivity contribution in [1.29, 1.82) is 0 Å². The fraction of sp³-hybridized carbons (Fsp3) is 0.538. The van der Waals surface area contributed by atoms with Gasteiger partial charge in [0.05, 0.1) is 5.56 Å². The monoisotopic (exact) mass is 489 g/mol. The molecule has 0 bridgehead atoms. The van der Waals surface area contributed by atoms with E-state index < -0.39 is 23.1 Å². The maximum atomic E-state index is 12.9. The number of ketones is 1. The topological polar surface area (TPSA) is 83.4 Å². The van der Waals surface area contributed by atoms with Crippen molar-refractivity contribution in [3.05, 3.63) is 59.7 Å². The van der Waals surface area contributed by atoms with Crippen LogP contribution in [-0.4, -0.2) is 44.8 Å². The molecule has 9 heteroatoms. The zero-order chi connectivity index (χ0) is 25.1. The molecule has 1 aliphatic carbocycles. The van der Waals surface area contributed by atoms with Crippen LogP contribution in [0.5, 0.6) is 0 Å². The molecule has 1 atom stereocenters. The van der Waals surface area contributed by atoms with Gasteiger partial charge in [0.25, 0.3) is 0 Å². The number of aromatic nitrogens is 2. The Morgan fingerprint density at radius 3 is 2.43 bits per heavy atom. The van der Waals surface area contributed by atoms with E-state index in [1.807, 2.05) is 0 Å². The summed E-state index contributed by atoms with van der Waals surface area (Å²) in [6.45, 7) is 1.27. The van der Waals surface area contributed by atoms with Crippen molar-refractivity contribution in [3.8, 4) is 0 Å². The maximum Gasteiger partial charge on any atom is 0.416 e. The number of rotatable bonds is 7. The number of hydrogen-bond donors (Lipinski definition) is 1. The SMILES string of the molecule is O=C(CCC(=O)N1CCC(CC2CCC(O)(c3ncccn3)CC2)C1)c1cccc(C(F)(F)F)c1. The summed E-state index contributed by atoms with van der Waals surface area (Å²) in [5.74, 6) is 0.740. The van der Waals surface area contributed by atoms with Gasteiger partial charge in [0.1, 0.15) is 5.60 Å². The second-order valence-electron chi connectivity index (χ2n) is 9.78. The number of halogens is 3. The summed E-state index contributed by atoms with van der Waals surface area (Å²) in [6, 6.07) is 6.06. The van der Waals surface area contributed by atoms with Crippen molar-refractivity contribution < 1.29 is 27.9 Å². The van der Waals surface area contributed by atoms with E-state index in [1.54, 1.807) is 23.4 Å². The zero-order valence-electron chi connectivity index (χ0n) is 19.5. The first kappa shape index (κ1) is 25.3. The van der Waals surface area contributed by atoms with Crippen molar-refractivity contribution in [2.24, 2.45) is 11.8 Å². The van der Waals surface area contributed by atoms with Gasteiger partial charge in [0, 0.05) is 43.9 Å². The van der Waals surface area contributed by atoms with E-state index in [1.165, 1.54) is 12.1 Å². The third kappa shape index (κ3) is 6.25. The van der Waals surface area contributed by atoms with Crippen LogP contribution in [-0.2, 0) is 16.6 Å². The Hall–Kier alpha value is -2.81. The predicted octanol–water partition coefficient (Wildman–Crippen LogP) is 4.77. The molecule has 1 N–H and O–H groups in total. The number of hydrogen-bond acceptors (Lipinski definition) is 5. The molecular formula is C26H30F3N3O3. The standard InChI is InChI=1S/C26H30F3N3O3/c27-26(28,29)21-4-1-3-20(16-21)22(33)5-6-23(34)32-14-9-19(17-32)15-18-7-10-25(35,11-8-18)24-30-12-2-13-31-24/h1-4,12-13,16,18-19,35H,5-11,14-15,17H2. The van der Waals surface area contributed by atoms with Crippen LogP contribution in [0.1, 0.15) is 73.1 Å². The normalized spacial score (nSPS) is 25.0. The van der Waals surface area contributed by atoms with Gasteiger partial charge in [-0.25, -0.2) is 9.97 Å². The minimum atomic E-state index is -4.51. The van der Waals surface area contributed by atoms with Gasteiger partial charge in [-0.15, -0.1) is 0 Å². The summed E-state index contributed by atoms with van der Waals surface area (Å²) in [4.78, 5) is 35.2. The van der Waals surface area contributed by atoms with Crippen molar-refractivity contribution in [1.82, 2.24) is 14.9 Å². The van der Waals surface area contributed by atoms with E-state index in [4.69, 9.17) is 0 Å². The molecule has 2 fully saturated rings. The molecule has 2 heterocycles. The molecule has 6 nitrogen and oxygen atoms in total. The van der Waals surface area contributed by atoms with E-state index in [0.717, 1.165) is 37.8 Å². The Labute approximate surface area is 202 Å². The Kier molecular flexibility index (Phi) is 7.54. The van der Waals surface area contributed by atoms with Crippen molar-refractivity contribution in [2.45, 2.75) is 63.1 Å². The van der Waals surface area contributed by atoms with Gasteiger partial charge in [-0.2, -0.15) is 13.2 Å². The lowest BCUT2D eigenvalue weighted by atomic mass is 9.75. The number of alkyl halides is 3. The lowest BCUT2D eigenvalue weighted by molar-refractivity contribution is -0.137. The lowest BCUT2D eigenvalue weighted by Gasteiger charge is -2.35. The van der Waals surface area contributed by atoms with E-state index in [9.17, 15) is 27.9 Å². The number of Topliss-reactive ketones (excluding diaryl/α,β-unsaturated/α-hetero) is 1. The van der Waals surface area contributed by atoms with Gasteiger partial charge < -0.3 is 10.0 Å². The third-order valence-corrected chi connectivity index (χ3v) is 7.30. The smallest absolute Gasteiger partial charge is 0.382 e. The van der Waals surface area contributed by atoms with Gasteiger partial charge in [0.2, 0.25) is 5.91 Å². The highest BCUT2D eigenvalue weighted by molar-refractivity contribution is 5.98. The molecule has 0 spiro atoms. The molecule has 35 heavy (non-hydrogen) atoms. The van der Waals surface area contributed by atoms with Crippen LogP contribution in [0, 0.1) is 11.8 Å². The summed E-state index contributed by atoms with van der Waals surface area (Å²) in [7, 11) is 0. The summed E-state index contributed by atoms with van der Waals surface area (Å²) in [5, 5.41) is 10.9. The molecule has 188 valence electrons. The Morgan fingerprint density at radius 1 is 1.03 bits per heavy atom. The number of aliphatic hydroxyl groups is 1. The molecule has 4 rings (SSSR count). The minimum absolute atomic E-state index is 0.00463. The maximum absolute atomic E-state index is 12.9. The van der Waals surface area contributed by atoms with Crippen LogP contribution < -0.4 is 0 Å². The first-order valence-electron chi connectivity index (χ1n) is 12.1. The van der Waals surface area contributed by atoms with Crippen LogP contribution >= 0.6 is 0 Å². The van der Waals surface area contributed by atoms with Gasteiger partial charge >= 0.3 is 6.18 Å². The second kappa shape index (κ2) is 10.4. The van der Waals surface area contributed by atoms with Crippen LogP contribution in [0.4, 0.5) is 13.2 Å². The van der Waals surface area contributed by atoms with Crippen molar-refractivity contribution in [3.63, 3.8) is 0 Å². The minimum Gasteiger partial charge on any atom is -0.382 e. The highest BCUT2D eigenvalue weighted by atomic mass is 19.4. The van der Waals surface area contributed by atoms with Gasteiger partial charge in [-0.3, -0.25) is 9.59 Å². The molecule has 1 aliphatic heterocycles. The van der Waals surface area contributed by atoms with Crippen LogP contribution in [0.2, 0.25) is 0 Å². The molecule has 0 radical (unpaired) electrons. The number of benzene rings is 1. The van der Waals surface area contributed by atoms with Gasteiger partial charge in [-0.05, 0) is 68.6 Å². The Bertz CT molecular complexity index is 1040. The van der Waals surface area contributed by atoms with E-state index in [0.29, 0.717) is 43.6 Å². The van der Waals surface area contributed by atoms with Crippen molar-refractivity contribution in [2.75, 3.05) is 13.1 Å². The van der Waals surface area contributed by atoms with E-state index >= 15 is 0 Å². The molecule has 1 amide bonds. The average molecular weight is 490 g/mol. The van der Waals surface area contributed by atoms with Gasteiger partial charge in [0.15, 0.2) is 11.6 Å². The number of nitrogens with zero attached hydrogens (tertiary/aromatic N) is 3. The Morgan fingerprint density at radius 2 is 1.74 bits per heavy atom. The quantitative estimate of drug-likeness (QED) is 0.567. The molecule has 1 unspecified atom stereocenters. The first-order valence-corrected chi connectivity index (χ1v) is 12.1. The third-order valence-electron chi connectivity index (χ3n) is 7.30. The molecular weight excluding hydrogens is 459 g/mol. The van der Waals surface area contributed by atoms with E-state index in [-0.39, 0.29) is 24.3 Å². The lowest BCUT2D eigenvalue weighted by Crippen LogP contribution is -2.34. The highest BCUT2D eigenvalue weighted by Gasteiger charge is 2.38. The summed E-state index contributed by atoms with van der Waals surface area (Å²) in [6.07, 6.45) is 3.54. The number of amides is 1. The molecule has 1 aromatic heterocycles. The summed E-state index contributed by atoms with van der Waals surface area (Å²) >= 11 is 0. The second-order valence-corrected chi connectivity index (χ2v) is 9.78. The number of carbonyl (C=O) groups is 2. The number of likely N-dealkylation sites (tertiary alicyclic amines) is 1. The predicted molar refractivity (Wildman–Crippen MR) is 122 cm³/mol. The fourth-order valence-electron chi connectivity index (χ4n) is 5.27. The highest BCUT2D eigenvalue weighted by Crippen LogP contribution is 2.41. The fourth-order valence-corrected chi connectivity index (χ4v) is 5.27. The molecule has 1 saturated heterocycles. The summed E-state index contributed by atoms with van der Waals surface area (Å²) in [5.41, 5.74) is -1.86. The number of carbonyl (C=O) groups excluding carboxylic acids is 2.